The summed E-state index contributed by atoms with van der Waals surface area (Å²) in [6, 6.07) is 0.870. The predicted octanol–water partition coefficient (Wildman–Crippen LogP) is 1.55. The van der Waals surface area contributed by atoms with Gasteiger partial charge in [-0.15, -0.1) is 0 Å². The van der Waals surface area contributed by atoms with Crippen LogP contribution in [0.15, 0.2) is 0 Å². The molecule has 8 nitrogen and oxygen atoms in total. The maximum absolute atomic E-state index is 12.7. The lowest BCUT2D eigenvalue weighted by molar-refractivity contribution is -0.162. The molecule has 134 valence electrons. The van der Waals surface area contributed by atoms with E-state index in [-0.39, 0.29) is 11.8 Å². The summed E-state index contributed by atoms with van der Waals surface area (Å²) >= 11 is 0. The number of amides is 2. The van der Waals surface area contributed by atoms with Gasteiger partial charge in [-0.2, -0.15) is 5.26 Å². The lowest BCUT2D eigenvalue weighted by Crippen LogP contribution is -2.53. The molecule has 0 saturated carbocycles. The van der Waals surface area contributed by atoms with Crippen molar-refractivity contribution in [3.8, 4) is 6.07 Å². The summed E-state index contributed by atoms with van der Waals surface area (Å²) < 4.78 is 9.65. The minimum absolute atomic E-state index is 0.131. The summed E-state index contributed by atoms with van der Waals surface area (Å²) in [6.45, 7) is 6.87. The zero-order valence-electron chi connectivity index (χ0n) is 14.6. The van der Waals surface area contributed by atoms with Crippen molar-refractivity contribution in [3.05, 3.63) is 0 Å². The van der Waals surface area contributed by atoms with Gasteiger partial charge >= 0.3 is 12.1 Å². The number of esters is 1. The number of ether oxygens (including phenoxy) is 2. The molecular formula is C16H25N3O5. The maximum Gasteiger partial charge on any atom is 0.410 e. The molecule has 2 amide bonds. The molecule has 4 atom stereocenters. The third kappa shape index (κ3) is 5.41. The highest BCUT2D eigenvalue weighted by Crippen LogP contribution is 2.20. The van der Waals surface area contributed by atoms with E-state index in [1.54, 1.807) is 0 Å². The fraction of sp³-hybridized carbons (Fsp3) is 0.750. The summed E-state index contributed by atoms with van der Waals surface area (Å²) in [6.07, 6.45) is 0.194. The second kappa shape index (κ2) is 9.11. The molecule has 1 aliphatic rings. The molecular weight excluding hydrogens is 314 g/mol. The van der Waals surface area contributed by atoms with E-state index in [4.69, 9.17) is 14.7 Å². The summed E-state index contributed by atoms with van der Waals surface area (Å²) in [4.78, 5) is 37.1. The molecule has 1 fully saturated rings. The zero-order chi connectivity index (χ0) is 18.3. The monoisotopic (exact) mass is 339 g/mol. The first-order valence-electron chi connectivity index (χ1n) is 8.14. The third-order valence-electron chi connectivity index (χ3n) is 4.04. The number of rotatable bonds is 6. The van der Waals surface area contributed by atoms with Crippen LogP contribution in [-0.2, 0) is 19.1 Å². The van der Waals surface area contributed by atoms with Gasteiger partial charge in [-0.25, -0.2) is 4.79 Å². The van der Waals surface area contributed by atoms with E-state index in [2.05, 4.69) is 11.4 Å². The Bertz CT molecular complexity index is 516. The number of nitrogens with one attached hydrogen (secondary N) is 1. The molecule has 0 aromatic rings. The van der Waals surface area contributed by atoms with E-state index >= 15 is 0 Å². The fourth-order valence-corrected chi connectivity index (χ4v) is 2.60. The minimum atomic E-state index is -1.05. The summed E-state index contributed by atoms with van der Waals surface area (Å²) in [5, 5.41) is 11.7. The largest absolute Gasteiger partial charge is 0.426 e. The van der Waals surface area contributed by atoms with Gasteiger partial charge in [0.15, 0.2) is 0 Å². The van der Waals surface area contributed by atoms with Crippen LogP contribution in [0.4, 0.5) is 4.79 Å². The van der Waals surface area contributed by atoms with Crippen molar-refractivity contribution in [3.63, 3.8) is 0 Å². The number of nitriles is 1. The number of carbonyl (C=O) groups excluding carboxylic acids is 3. The van der Waals surface area contributed by atoms with Gasteiger partial charge < -0.3 is 19.7 Å². The Kier molecular flexibility index (Phi) is 7.49. The first kappa shape index (κ1) is 19.7. The van der Waals surface area contributed by atoms with Gasteiger partial charge in [0, 0.05) is 20.4 Å². The van der Waals surface area contributed by atoms with Crippen LogP contribution >= 0.6 is 0 Å². The van der Waals surface area contributed by atoms with Gasteiger partial charge in [0.2, 0.25) is 12.2 Å². The average Bonchev–Trinajstić information content (AvgIpc) is 2.98. The van der Waals surface area contributed by atoms with Gasteiger partial charge in [-0.3, -0.25) is 9.59 Å². The first-order chi connectivity index (χ1) is 11.3. The van der Waals surface area contributed by atoms with E-state index in [1.165, 1.54) is 18.7 Å². The van der Waals surface area contributed by atoms with E-state index in [9.17, 15) is 14.4 Å². The molecule has 1 N–H and O–H groups in total. The van der Waals surface area contributed by atoms with Crippen molar-refractivity contribution in [2.24, 2.45) is 5.92 Å². The van der Waals surface area contributed by atoms with Crippen molar-refractivity contribution in [1.82, 2.24) is 10.2 Å². The molecule has 2 unspecified atom stereocenters. The molecule has 1 rings (SSSR count). The van der Waals surface area contributed by atoms with E-state index < -0.39 is 30.4 Å². The normalized spacial score (nSPS) is 20.5. The van der Waals surface area contributed by atoms with Crippen LogP contribution < -0.4 is 5.32 Å². The smallest absolute Gasteiger partial charge is 0.410 e. The molecule has 0 aromatic carbocycles. The van der Waals surface area contributed by atoms with Crippen molar-refractivity contribution in [1.29, 1.82) is 5.26 Å². The van der Waals surface area contributed by atoms with Gasteiger partial charge in [0.1, 0.15) is 12.1 Å². The Balaban J connectivity index is 2.75. The second-order valence-corrected chi connectivity index (χ2v) is 5.91. The van der Waals surface area contributed by atoms with Crippen LogP contribution in [0.1, 0.15) is 47.0 Å². The topological polar surface area (TPSA) is 109 Å². The molecule has 0 aliphatic carbocycles. The molecule has 8 heteroatoms. The van der Waals surface area contributed by atoms with Crippen LogP contribution in [0.5, 0.6) is 0 Å². The number of alkyl carbamates (subject to hydrolysis) is 1. The van der Waals surface area contributed by atoms with E-state index in [0.717, 1.165) is 6.42 Å². The Morgan fingerprint density at radius 2 is 2.00 bits per heavy atom. The Morgan fingerprint density at radius 1 is 1.33 bits per heavy atom. The highest BCUT2D eigenvalue weighted by atomic mass is 16.7. The lowest BCUT2D eigenvalue weighted by atomic mass is 9.97. The Labute approximate surface area is 142 Å². The molecule has 1 aliphatic heterocycles. The lowest BCUT2D eigenvalue weighted by Gasteiger charge is -2.29. The van der Waals surface area contributed by atoms with E-state index in [0.29, 0.717) is 19.4 Å². The zero-order valence-corrected chi connectivity index (χ0v) is 14.6. The molecule has 0 bridgehead atoms. The SMILES string of the molecule is CCC(C)[C@H](NC(=O)OC(C)OC(C)=O)C(=O)N1CCC[C@H]1C#N. The first-order valence-corrected chi connectivity index (χ1v) is 8.14. The Hall–Kier alpha value is -2.30. The fourth-order valence-electron chi connectivity index (χ4n) is 2.60. The average molecular weight is 339 g/mol. The standard InChI is InChI=1S/C16H25N3O5/c1-5-10(2)14(15(21)19-8-6-7-13(19)9-17)18-16(22)24-12(4)23-11(3)20/h10,12-14H,5-8H2,1-4H3,(H,18,22)/t10?,12?,13-,14-/m0/s1. The summed E-state index contributed by atoms with van der Waals surface area (Å²) in [7, 11) is 0. The van der Waals surface area contributed by atoms with Crippen LogP contribution in [0.3, 0.4) is 0 Å². The third-order valence-corrected chi connectivity index (χ3v) is 4.04. The van der Waals surface area contributed by atoms with Gasteiger partial charge in [-0.05, 0) is 18.8 Å². The number of likely N-dealkylation sites (tertiary alicyclic amines) is 1. The highest BCUT2D eigenvalue weighted by molar-refractivity contribution is 5.86. The molecule has 0 aromatic heterocycles. The minimum Gasteiger partial charge on any atom is -0.426 e. The number of hydrogen-bond donors (Lipinski definition) is 1. The number of nitrogens with zero attached hydrogens (tertiary/aromatic N) is 2. The molecule has 24 heavy (non-hydrogen) atoms. The summed E-state index contributed by atoms with van der Waals surface area (Å²) in [5.74, 6) is -0.988. The predicted molar refractivity (Wildman–Crippen MR) is 84.4 cm³/mol. The van der Waals surface area contributed by atoms with Crippen LogP contribution in [0.2, 0.25) is 0 Å². The number of hydrogen-bond acceptors (Lipinski definition) is 6. The maximum atomic E-state index is 12.7. The molecule has 0 radical (unpaired) electrons. The molecule has 0 spiro atoms. The molecule has 1 heterocycles. The van der Waals surface area contributed by atoms with Crippen LogP contribution in [0, 0.1) is 17.2 Å². The van der Waals surface area contributed by atoms with Gasteiger partial charge in [0.25, 0.3) is 0 Å². The second-order valence-electron chi connectivity index (χ2n) is 5.91. The van der Waals surface area contributed by atoms with E-state index in [1.807, 2.05) is 13.8 Å². The number of carbonyl (C=O) groups is 3. The quantitative estimate of drug-likeness (QED) is 0.581. The van der Waals surface area contributed by atoms with Crippen LogP contribution in [0.25, 0.3) is 0 Å². The van der Waals surface area contributed by atoms with Gasteiger partial charge in [-0.1, -0.05) is 20.3 Å². The van der Waals surface area contributed by atoms with Crippen molar-refractivity contribution >= 4 is 18.0 Å². The summed E-state index contributed by atoms with van der Waals surface area (Å²) in [5.41, 5.74) is 0. The van der Waals surface area contributed by atoms with Crippen molar-refractivity contribution in [2.45, 2.75) is 65.3 Å². The van der Waals surface area contributed by atoms with Crippen molar-refractivity contribution in [2.75, 3.05) is 6.54 Å². The van der Waals surface area contributed by atoms with Crippen LogP contribution in [-0.4, -0.2) is 47.8 Å². The highest BCUT2D eigenvalue weighted by Gasteiger charge is 2.36. The van der Waals surface area contributed by atoms with Gasteiger partial charge in [0.05, 0.1) is 6.07 Å². The Morgan fingerprint density at radius 3 is 2.54 bits per heavy atom. The molecule has 1 saturated heterocycles. The van der Waals surface area contributed by atoms with Crippen molar-refractivity contribution < 1.29 is 23.9 Å².